The SMILES string of the molecule is Nc1cc(C(=O)Nc2ccnc(Cl)n2)nc2ccccc12. The van der Waals surface area contributed by atoms with Gasteiger partial charge in [0.1, 0.15) is 11.5 Å². The molecule has 0 saturated heterocycles. The molecule has 1 amide bonds. The standard InChI is InChI=1S/C14H10ClN5O/c15-14-17-6-5-12(20-14)19-13(21)11-7-9(16)8-3-1-2-4-10(8)18-11/h1-7H,(H2,16,18)(H,17,19,20,21). The van der Waals surface area contributed by atoms with E-state index >= 15 is 0 Å². The molecule has 0 saturated carbocycles. The highest BCUT2D eigenvalue weighted by Gasteiger charge is 2.11. The number of aromatic nitrogens is 3. The van der Waals surface area contributed by atoms with E-state index in [0.717, 1.165) is 5.39 Å². The lowest BCUT2D eigenvalue weighted by molar-refractivity contribution is 0.102. The first-order valence-electron chi connectivity index (χ1n) is 6.08. The van der Waals surface area contributed by atoms with Gasteiger partial charge in [-0.2, -0.15) is 0 Å². The zero-order valence-electron chi connectivity index (χ0n) is 10.7. The van der Waals surface area contributed by atoms with Crippen LogP contribution in [0.5, 0.6) is 0 Å². The van der Waals surface area contributed by atoms with Crippen LogP contribution in [-0.2, 0) is 0 Å². The Morgan fingerprint density at radius 2 is 2.00 bits per heavy atom. The van der Waals surface area contributed by atoms with Gasteiger partial charge in [0, 0.05) is 17.3 Å². The monoisotopic (exact) mass is 299 g/mol. The highest BCUT2D eigenvalue weighted by atomic mass is 35.5. The average Bonchev–Trinajstić information content (AvgIpc) is 2.47. The van der Waals surface area contributed by atoms with E-state index in [4.69, 9.17) is 17.3 Å². The molecule has 0 atom stereocenters. The summed E-state index contributed by atoms with van der Waals surface area (Å²) < 4.78 is 0. The number of carbonyl (C=O) groups is 1. The van der Waals surface area contributed by atoms with Crippen molar-refractivity contribution in [2.75, 3.05) is 11.1 Å². The predicted octanol–water partition coefficient (Wildman–Crippen LogP) is 2.51. The number of rotatable bonds is 2. The number of amides is 1. The smallest absolute Gasteiger partial charge is 0.275 e. The van der Waals surface area contributed by atoms with Gasteiger partial charge in [0.25, 0.3) is 5.91 Å². The Morgan fingerprint density at radius 1 is 1.19 bits per heavy atom. The first-order chi connectivity index (χ1) is 10.1. The summed E-state index contributed by atoms with van der Waals surface area (Å²) >= 11 is 5.67. The molecule has 2 heterocycles. The minimum absolute atomic E-state index is 0.0544. The molecule has 1 aromatic carbocycles. The van der Waals surface area contributed by atoms with Crippen LogP contribution in [0.3, 0.4) is 0 Å². The predicted molar refractivity (Wildman–Crippen MR) is 81.2 cm³/mol. The van der Waals surface area contributed by atoms with Crippen molar-refractivity contribution in [3.05, 3.63) is 53.6 Å². The third kappa shape index (κ3) is 2.75. The van der Waals surface area contributed by atoms with Crippen molar-refractivity contribution in [1.29, 1.82) is 0 Å². The molecule has 7 heteroatoms. The first-order valence-corrected chi connectivity index (χ1v) is 6.46. The number of anilines is 2. The molecule has 0 bridgehead atoms. The van der Waals surface area contributed by atoms with E-state index in [1.54, 1.807) is 6.07 Å². The van der Waals surface area contributed by atoms with Crippen LogP contribution < -0.4 is 11.1 Å². The van der Waals surface area contributed by atoms with E-state index in [1.165, 1.54) is 18.3 Å². The van der Waals surface area contributed by atoms with Gasteiger partial charge in [0.2, 0.25) is 5.28 Å². The van der Waals surface area contributed by atoms with Crippen LogP contribution in [-0.4, -0.2) is 20.9 Å². The molecule has 3 rings (SSSR count). The summed E-state index contributed by atoms with van der Waals surface area (Å²) in [6.07, 6.45) is 1.45. The Bertz CT molecular complexity index is 836. The summed E-state index contributed by atoms with van der Waals surface area (Å²) in [6.45, 7) is 0. The van der Waals surface area contributed by atoms with Crippen molar-refractivity contribution in [2.24, 2.45) is 0 Å². The van der Waals surface area contributed by atoms with Crippen LogP contribution in [0.15, 0.2) is 42.6 Å². The third-order valence-corrected chi connectivity index (χ3v) is 3.03. The number of halogens is 1. The number of hydrogen-bond acceptors (Lipinski definition) is 5. The number of nitrogen functional groups attached to an aromatic ring is 1. The fraction of sp³-hybridized carbons (Fsp3) is 0. The normalized spacial score (nSPS) is 10.5. The molecule has 3 N–H and O–H groups in total. The van der Waals surface area contributed by atoms with E-state index in [1.807, 2.05) is 18.2 Å². The number of pyridine rings is 1. The van der Waals surface area contributed by atoms with Crippen molar-refractivity contribution >= 4 is 39.9 Å². The summed E-state index contributed by atoms with van der Waals surface area (Å²) in [5.41, 5.74) is 7.30. The van der Waals surface area contributed by atoms with Crippen LogP contribution >= 0.6 is 11.6 Å². The van der Waals surface area contributed by atoms with Crippen molar-refractivity contribution in [3.63, 3.8) is 0 Å². The molecule has 21 heavy (non-hydrogen) atoms. The molecule has 0 spiro atoms. The number of nitrogens with one attached hydrogen (secondary N) is 1. The molecule has 104 valence electrons. The fourth-order valence-electron chi connectivity index (χ4n) is 1.90. The summed E-state index contributed by atoms with van der Waals surface area (Å²) in [5, 5.41) is 3.46. The minimum Gasteiger partial charge on any atom is -0.398 e. The van der Waals surface area contributed by atoms with Crippen LogP contribution in [0.2, 0.25) is 5.28 Å². The molecule has 2 aromatic heterocycles. The van der Waals surface area contributed by atoms with Gasteiger partial charge in [0.15, 0.2) is 0 Å². The zero-order valence-corrected chi connectivity index (χ0v) is 11.5. The number of benzene rings is 1. The van der Waals surface area contributed by atoms with Gasteiger partial charge in [0.05, 0.1) is 5.52 Å². The van der Waals surface area contributed by atoms with Crippen LogP contribution in [0.25, 0.3) is 10.9 Å². The van der Waals surface area contributed by atoms with Gasteiger partial charge < -0.3 is 11.1 Å². The Hall–Kier alpha value is -2.73. The summed E-state index contributed by atoms with van der Waals surface area (Å²) in [5.74, 6) is -0.115. The van der Waals surface area contributed by atoms with Crippen molar-refractivity contribution < 1.29 is 4.79 Å². The van der Waals surface area contributed by atoms with E-state index in [2.05, 4.69) is 20.3 Å². The number of hydrogen-bond donors (Lipinski definition) is 2. The molecule has 0 aliphatic heterocycles. The molecule has 0 radical (unpaired) electrons. The molecular formula is C14H10ClN5O. The second-order valence-corrected chi connectivity index (χ2v) is 4.62. The second-order valence-electron chi connectivity index (χ2n) is 4.28. The zero-order chi connectivity index (χ0) is 14.8. The molecule has 0 unspecified atom stereocenters. The molecule has 0 fully saturated rings. The summed E-state index contributed by atoms with van der Waals surface area (Å²) in [4.78, 5) is 24.1. The Balaban J connectivity index is 1.94. The van der Waals surface area contributed by atoms with E-state index in [0.29, 0.717) is 17.0 Å². The lowest BCUT2D eigenvalue weighted by atomic mass is 10.1. The molecule has 6 nitrogen and oxygen atoms in total. The first kappa shape index (κ1) is 13.3. The molecule has 0 aliphatic carbocycles. The topological polar surface area (TPSA) is 93.8 Å². The quantitative estimate of drug-likeness (QED) is 0.709. The van der Waals surface area contributed by atoms with E-state index in [9.17, 15) is 4.79 Å². The number of nitrogens with zero attached hydrogens (tertiary/aromatic N) is 3. The second kappa shape index (κ2) is 5.34. The van der Waals surface area contributed by atoms with Crippen LogP contribution in [0.4, 0.5) is 11.5 Å². The highest BCUT2D eigenvalue weighted by Crippen LogP contribution is 2.20. The van der Waals surface area contributed by atoms with Gasteiger partial charge in [-0.15, -0.1) is 0 Å². The largest absolute Gasteiger partial charge is 0.398 e. The van der Waals surface area contributed by atoms with Crippen LogP contribution in [0.1, 0.15) is 10.5 Å². The molecular weight excluding hydrogens is 290 g/mol. The Labute approximate surface area is 125 Å². The van der Waals surface area contributed by atoms with E-state index in [-0.39, 0.29) is 11.0 Å². The van der Waals surface area contributed by atoms with Crippen molar-refractivity contribution in [2.45, 2.75) is 0 Å². The third-order valence-electron chi connectivity index (χ3n) is 2.85. The highest BCUT2D eigenvalue weighted by molar-refractivity contribution is 6.28. The summed E-state index contributed by atoms with van der Waals surface area (Å²) in [6, 6.07) is 10.4. The van der Waals surface area contributed by atoms with Crippen LogP contribution in [0, 0.1) is 0 Å². The lowest BCUT2D eigenvalue weighted by Gasteiger charge is -2.07. The van der Waals surface area contributed by atoms with Gasteiger partial charge in [-0.25, -0.2) is 15.0 Å². The van der Waals surface area contributed by atoms with Crippen molar-refractivity contribution in [1.82, 2.24) is 15.0 Å². The number of para-hydroxylation sites is 1. The Morgan fingerprint density at radius 3 is 2.81 bits per heavy atom. The van der Waals surface area contributed by atoms with Crippen molar-refractivity contribution in [3.8, 4) is 0 Å². The van der Waals surface area contributed by atoms with E-state index < -0.39 is 5.91 Å². The number of carbonyl (C=O) groups excluding carboxylic acids is 1. The number of fused-ring (bicyclic) bond motifs is 1. The fourth-order valence-corrected chi connectivity index (χ4v) is 2.05. The molecule has 0 aliphatic rings. The van der Waals surface area contributed by atoms with Gasteiger partial charge in [-0.3, -0.25) is 4.79 Å². The number of nitrogens with two attached hydrogens (primary N) is 1. The average molecular weight is 300 g/mol. The Kier molecular flexibility index (Phi) is 3.37. The van der Waals surface area contributed by atoms with Gasteiger partial charge >= 0.3 is 0 Å². The van der Waals surface area contributed by atoms with Gasteiger partial charge in [-0.1, -0.05) is 18.2 Å². The lowest BCUT2D eigenvalue weighted by Crippen LogP contribution is -2.15. The molecule has 3 aromatic rings. The maximum atomic E-state index is 12.2. The van der Waals surface area contributed by atoms with Gasteiger partial charge in [-0.05, 0) is 29.8 Å². The summed E-state index contributed by atoms with van der Waals surface area (Å²) in [7, 11) is 0. The maximum absolute atomic E-state index is 12.2. The maximum Gasteiger partial charge on any atom is 0.275 e. The minimum atomic E-state index is -0.415.